The summed E-state index contributed by atoms with van der Waals surface area (Å²) >= 11 is 0. The van der Waals surface area contributed by atoms with Crippen LogP contribution in [0.3, 0.4) is 0 Å². The van der Waals surface area contributed by atoms with Crippen LogP contribution in [0.15, 0.2) is 35.5 Å². The van der Waals surface area contributed by atoms with Gasteiger partial charge in [-0.2, -0.15) is 0 Å². The maximum Gasteiger partial charge on any atom is 0.409 e. The summed E-state index contributed by atoms with van der Waals surface area (Å²) in [7, 11) is -3.24. The summed E-state index contributed by atoms with van der Waals surface area (Å²) in [6.45, 7) is 4.29. The first-order valence-corrected chi connectivity index (χ1v) is 12.7. The van der Waals surface area contributed by atoms with Gasteiger partial charge in [0.05, 0.1) is 11.5 Å². The number of ether oxygens (including phenoxy) is 2. The van der Waals surface area contributed by atoms with Crippen molar-refractivity contribution in [1.82, 2.24) is 14.9 Å². The van der Waals surface area contributed by atoms with E-state index in [9.17, 15) is 13.2 Å². The molecule has 0 saturated carbocycles. The number of amides is 1. The molecule has 1 aromatic heterocycles. The highest BCUT2D eigenvalue weighted by molar-refractivity contribution is 7.90. The summed E-state index contributed by atoms with van der Waals surface area (Å²) in [6.07, 6.45) is 5.37. The predicted octanol–water partition coefficient (Wildman–Crippen LogP) is 2.96. The van der Waals surface area contributed by atoms with Gasteiger partial charge in [-0.05, 0) is 36.6 Å². The molecule has 0 spiro atoms. The second-order valence-electron chi connectivity index (χ2n) is 8.10. The Morgan fingerprint density at radius 2 is 1.94 bits per heavy atom. The van der Waals surface area contributed by atoms with Gasteiger partial charge in [-0.15, -0.1) is 0 Å². The summed E-state index contributed by atoms with van der Waals surface area (Å²) in [6, 6.07) is 7.00. The predicted molar refractivity (Wildman–Crippen MR) is 119 cm³/mol. The number of carbonyl (C=O) groups excluding carboxylic acids is 1. The monoisotopic (exact) mass is 460 g/mol. The summed E-state index contributed by atoms with van der Waals surface area (Å²) in [4.78, 5) is 24.7. The molecular formula is C22H28N4O5S. The zero-order valence-electron chi connectivity index (χ0n) is 18.4. The van der Waals surface area contributed by atoms with Crippen LogP contribution in [0, 0.1) is 0 Å². The van der Waals surface area contributed by atoms with Crippen molar-refractivity contribution >= 4 is 27.4 Å². The summed E-state index contributed by atoms with van der Waals surface area (Å²) in [5.74, 6) is 1.20. The highest BCUT2D eigenvalue weighted by Gasteiger charge is 2.26. The van der Waals surface area contributed by atoms with Gasteiger partial charge < -0.3 is 19.3 Å². The Balaban J connectivity index is 1.40. The number of likely N-dealkylation sites (tertiary alicyclic amines) is 1. The number of hydrogen-bond donors (Lipinski definition) is 0. The first-order valence-electron chi connectivity index (χ1n) is 10.9. The average Bonchev–Trinajstić information content (AvgIpc) is 3.21. The molecule has 9 nitrogen and oxygen atoms in total. The second kappa shape index (κ2) is 9.32. The fourth-order valence-electron chi connectivity index (χ4n) is 4.00. The van der Waals surface area contributed by atoms with Gasteiger partial charge in [-0.1, -0.05) is 6.92 Å². The zero-order valence-corrected chi connectivity index (χ0v) is 19.2. The van der Waals surface area contributed by atoms with Gasteiger partial charge in [0.25, 0.3) is 0 Å². The first-order chi connectivity index (χ1) is 15.3. The van der Waals surface area contributed by atoms with Gasteiger partial charge in [-0.25, -0.2) is 23.2 Å². The molecule has 0 bridgehead atoms. The van der Waals surface area contributed by atoms with E-state index in [0.717, 1.165) is 24.1 Å². The van der Waals surface area contributed by atoms with Crippen LogP contribution in [0.5, 0.6) is 5.88 Å². The molecule has 2 aliphatic rings. The molecule has 2 aliphatic heterocycles. The highest BCUT2D eigenvalue weighted by atomic mass is 32.2. The Morgan fingerprint density at radius 1 is 1.16 bits per heavy atom. The number of sulfone groups is 1. The molecule has 1 aromatic carbocycles. The minimum absolute atomic E-state index is 0.0313. The third-order valence-corrected chi connectivity index (χ3v) is 6.81. The van der Waals surface area contributed by atoms with E-state index in [2.05, 4.69) is 9.97 Å². The minimum Gasteiger partial charge on any atom is -0.474 e. The molecule has 32 heavy (non-hydrogen) atoms. The van der Waals surface area contributed by atoms with Gasteiger partial charge in [0.1, 0.15) is 18.2 Å². The van der Waals surface area contributed by atoms with Crippen LogP contribution in [0.25, 0.3) is 0 Å². The Hall–Kier alpha value is -2.88. The Bertz CT molecular complexity index is 1080. The van der Waals surface area contributed by atoms with Gasteiger partial charge >= 0.3 is 6.09 Å². The number of anilines is 2. The molecule has 0 N–H and O–H groups in total. The molecule has 4 rings (SSSR count). The van der Waals surface area contributed by atoms with Crippen molar-refractivity contribution in [2.45, 2.75) is 43.6 Å². The van der Waals surface area contributed by atoms with Crippen molar-refractivity contribution < 1.29 is 22.7 Å². The fraction of sp³-hybridized carbons (Fsp3) is 0.500. The van der Waals surface area contributed by atoms with Crippen LogP contribution < -0.4 is 9.64 Å². The lowest BCUT2D eigenvalue weighted by atomic mass is 10.1. The number of rotatable bonds is 6. The number of hydrogen-bond acceptors (Lipinski definition) is 8. The van der Waals surface area contributed by atoms with Crippen LogP contribution in [0.1, 0.15) is 31.7 Å². The van der Waals surface area contributed by atoms with Crippen molar-refractivity contribution in [3.63, 3.8) is 0 Å². The number of carbonyl (C=O) groups is 1. The van der Waals surface area contributed by atoms with E-state index in [-0.39, 0.29) is 12.2 Å². The van der Waals surface area contributed by atoms with E-state index in [0.29, 0.717) is 55.7 Å². The molecule has 0 unspecified atom stereocenters. The maximum atomic E-state index is 12.0. The topological polar surface area (TPSA) is 102 Å². The largest absolute Gasteiger partial charge is 0.474 e. The van der Waals surface area contributed by atoms with E-state index in [4.69, 9.17) is 9.47 Å². The van der Waals surface area contributed by atoms with E-state index < -0.39 is 9.84 Å². The normalized spacial score (nSPS) is 16.7. The van der Waals surface area contributed by atoms with E-state index >= 15 is 0 Å². The van der Waals surface area contributed by atoms with Crippen LogP contribution in [-0.2, 0) is 21.0 Å². The van der Waals surface area contributed by atoms with Gasteiger partial charge in [0.2, 0.25) is 5.88 Å². The van der Waals surface area contributed by atoms with Gasteiger partial charge in [-0.3, -0.25) is 0 Å². The molecule has 2 aromatic rings. The molecule has 3 heterocycles. The lowest BCUT2D eigenvalue weighted by Crippen LogP contribution is -2.42. The third kappa shape index (κ3) is 4.95. The number of aromatic nitrogens is 2. The van der Waals surface area contributed by atoms with Crippen LogP contribution in [0.4, 0.5) is 16.3 Å². The molecule has 0 radical (unpaired) electrons. The molecule has 10 heteroatoms. The van der Waals surface area contributed by atoms with E-state index in [1.54, 1.807) is 17.0 Å². The Kier molecular flexibility index (Phi) is 6.50. The Labute approximate surface area is 188 Å². The summed E-state index contributed by atoms with van der Waals surface area (Å²) in [5, 5.41) is 0. The zero-order chi connectivity index (χ0) is 22.7. The fourth-order valence-corrected chi connectivity index (χ4v) is 4.67. The van der Waals surface area contributed by atoms with Crippen molar-refractivity contribution in [2.75, 3.05) is 37.4 Å². The van der Waals surface area contributed by atoms with Crippen molar-refractivity contribution in [3.05, 3.63) is 36.2 Å². The molecule has 0 aliphatic carbocycles. The lowest BCUT2D eigenvalue weighted by Gasteiger charge is -2.31. The first kappa shape index (κ1) is 22.3. The molecule has 0 atom stereocenters. The number of fused-ring (bicyclic) bond motifs is 1. The SMILES string of the molecule is CCCOC(=O)N1CCC(Oc2cc(N3CCc4cc(S(C)(=O)=O)ccc43)ncn2)CC1. The number of benzene rings is 1. The molecule has 172 valence electrons. The van der Waals surface area contributed by atoms with Crippen LogP contribution in [0.2, 0.25) is 0 Å². The third-order valence-electron chi connectivity index (χ3n) is 5.70. The molecular weight excluding hydrogens is 432 g/mol. The van der Waals surface area contributed by atoms with E-state index in [1.165, 1.54) is 12.6 Å². The van der Waals surface area contributed by atoms with Gasteiger partial charge in [0.15, 0.2) is 9.84 Å². The molecule has 1 amide bonds. The quantitative estimate of drug-likeness (QED) is 0.648. The molecule has 1 fully saturated rings. The van der Waals surface area contributed by atoms with Crippen molar-refractivity contribution in [1.29, 1.82) is 0 Å². The highest BCUT2D eigenvalue weighted by Crippen LogP contribution is 2.35. The Morgan fingerprint density at radius 3 is 2.66 bits per heavy atom. The van der Waals surface area contributed by atoms with Crippen LogP contribution in [-0.4, -0.2) is 68.0 Å². The molecule has 1 saturated heterocycles. The second-order valence-corrected chi connectivity index (χ2v) is 10.1. The number of nitrogens with zero attached hydrogens (tertiary/aromatic N) is 4. The van der Waals surface area contributed by atoms with E-state index in [1.807, 2.05) is 24.0 Å². The minimum atomic E-state index is -3.24. The lowest BCUT2D eigenvalue weighted by molar-refractivity contribution is 0.0662. The summed E-state index contributed by atoms with van der Waals surface area (Å²) < 4.78 is 35.0. The summed E-state index contributed by atoms with van der Waals surface area (Å²) in [5.41, 5.74) is 1.93. The smallest absolute Gasteiger partial charge is 0.409 e. The number of piperidine rings is 1. The maximum absolute atomic E-state index is 12.0. The van der Waals surface area contributed by atoms with Gasteiger partial charge in [0, 0.05) is 50.5 Å². The van der Waals surface area contributed by atoms with Crippen molar-refractivity contribution in [2.24, 2.45) is 0 Å². The van der Waals surface area contributed by atoms with Crippen molar-refractivity contribution in [3.8, 4) is 5.88 Å². The average molecular weight is 461 g/mol. The van der Waals surface area contributed by atoms with Crippen LogP contribution >= 0.6 is 0 Å². The standard InChI is InChI=1S/C22H28N4O5S/c1-3-12-30-22(27)25-9-7-17(8-10-25)31-21-14-20(23-15-24-21)26-11-6-16-13-18(32(2,28)29)4-5-19(16)26/h4-5,13-15,17H,3,6-12H2,1-2H3.